The van der Waals surface area contributed by atoms with Gasteiger partial charge < -0.3 is 14.6 Å². The molecule has 0 bridgehead atoms. The van der Waals surface area contributed by atoms with Crippen LogP contribution in [0.3, 0.4) is 0 Å². The van der Waals surface area contributed by atoms with Crippen LogP contribution < -0.4 is 0 Å². The number of aromatic carboxylic acids is 1. The molecule has 5 nitrogen and oxygen atoms in total. The molecule has 2 aromatic rings. The van der Waals surface area contributed by atoms with Gasteiger partial charge in [-0.2, -0.15) is 0 Å². The van der Waals surface area contributed by atoms with E-state index in [0.717, 1.165) is 48.0 Å². The van der Waals surface area contributed by atoms with Crippen LogP contribution in [0.1, 0.15) is 34.5 Å². The molecule has 1 aliphatic rings. The average Bonchev–Trinajstić information content (AvgIpc) is 3.07. The number of hydrogen-bond acceptors (Lipinski definition) is 2. The first kappa shape index (κ1) is 14.6. The van der Waals surface area contributed by atoms with Gasteiger partial charge in [-0.25, -0.2) is 4.79 Å². The number of aromatic nitrogens is 1. The van der Waals surface area contributed by atoms with Crippen LogP contribution in [0.4, 0.5) is 0 Å². The van der Waals surface area contributed by atoms with Crippen molar-refractivity contribution in [3.63, 3.8) is 0 Å². The van der Waals surface area contributed by atoms with Gasteiger partial charge in [0.2, 0.25) is 5.91 Å². The molecule has 1 aromatic carbocycles. The van der Waals surface area contributed by atoms with Gasteiger partial charge in [-0.3, -0.25) is 4.79 Å². The zero-order valence-electron chi connectivity index (χ0n) is 12.9. The normalized spacial score (nSPS) is 14.7. The van der Waals surface area contributed by atoms with E-state index in [4.69, 9.17) is 0 Å². The minimum Gasteiger partial charge on any atom is -0.477 e. The first-order valence-electron chi connectivity index (χ1n) is 7.59. The van der Waals surface area contributed by atoms with Gasteiger partial charge in [0.1, 0.15) is 12.2 Å². The summed E-state index contributed by atoms with van der Waals surface area (Å²) in [6.07, 6.45) is 2.06. The molecule has 5 heteroatoms. The van der Waals surface area contributed by atoms with Crippen molar-refractivity contribution >= 4 is 22.8 Å². The van der Waals surface area contributed by atoms with Crippen molar-refractivity contribution in [3.05, 3.63) is 35.0 Å². The lowest BCUT2D eigenvalue weighted by Crippen LogP contribution is -2.31. The van der Waals surface area contributed by atoms with E-state index in [9.17, 15) is 14.7 Å². The first-order valence-corrected chi connectivity index (χ1v) is 7.59. The lowest BCUT2D eigenvalue weighted by molar-refractivity contribution is -0.130. The van der Waals surface area contributed by atoms with Gasteiger partial charge in [0.15, 0.2) is 0 Å². The molecule has 2 heterocycles. The number of carbonyl (C=O) groups excluding carboxylic acids is 1. The summed E-state index contributed by atoms with van der Waals surface area (Å²) in [7, 11) is 0. The minimum absolute atomic E-state index is 0.00234. The number of likely N-dealkylation sites (tertiary alicyclic amines) is 1. The third-order valence-electron chi connectivity index (χ3n) is 4.43. The third-order valence-corrected chi connectivity index (χ3v) is 4.43. The van der Waals surface area contributed by atoms with E-state index in [-0.39, 0.29) is 18.1 Å². The number of carboxylic acid groups (broad SMARTS) is 1. The van der Waals surface area contributed by atoms with Gasteiger partial charge in [-0.05, 0) is 44.4 Å². The summed E-state index contributed by atoms with van der Waals surface area (Å²) in [6, 6.07) is 5.83. The van der Waals surface area contributed by atoms with E-state index in [1.165, 1.54) is 0 Å². The summed E-state index contributed by atoms with van der Waals surface area (Å²) in [4.78, 5) is 25.9. The highest BCUT2D eigenvalue weighted by molar-refractivity contribution is 5.99. The Bertz CT molecular complexity index is 755. The molecular weight excluding hydrogens is 280 g/mol. The summed E-state index contributed by atoms with van der Waals surface area (Å²) in [6.45, 7) is 5.43. The van der Waals surface area contributed by atoms with Crippen molar-refractivity contribution in [2.45, 2.75) is 33.2 Å². The monoisotopic (exact) mass is 300 g/mol. The van der Waals surface area contributed by atoms with Crippen LogP contribution in [0.25, 0.3) is 10.9 Å². The van der Waals surface area contributed by atoms with Crippen molar-refractivity contribution < 1.29 is 14.7 Å². The zero-order valence-corrected chi connectivity index (χ0v) is 12.9. The molecule has 0 radical (unpaired) electrons. The van der Waals surface area contributed by atoms with Crippen LogP contribution in [0.5, 0.6) is 0 Å². The molecule has 0 atom stereocenters. The standard InChI is InChI=1S/C17H20N2O3/c1-11-5-6-14-13(9-11)12(2)16(17(21)22)19(14)10-15(20)18-7-3-4-8-18/h5-6,9H,3-4,7-8,10H2,1-2H3,(H,21,22). The van der Waals surface area contributed by atoms with Gasteiger partial charge in [0, 0.05) is 24.0 Å². The summed E-state index contributed by atoms with van der Waals surface area (Å²) in [5.74, 6) is -0.988. The Balaban J connectivity index is 2.08. The molecule has 1 fully saturated rings. The lowest BCUT2D eigenvalue weighted by Gasteiger charge is -2.17. The average molecular weight is 300 g/mol. The topological polar surface area (TPSA) is 62.5 Å². The van der Waals surface area contributed by atoms with Crippen LogP contribution in [0, 0.1) is 13.8 Å². The Labute approximate surface area is 129 Å². The summed E-state index contributed by atoms with van der Waals surface area (Å²) in [5.41, 5.74) is 2.83. The van der Waals surface area contributed by atoms with E-state index in [0.29, 0.717) is 0 Å². The molecule has 22 heavy (non-hydrogen) atoms. The smallest absolute Gasteiger partial charge is 0.352 e. The fourth-order valence-corrected chi connectivity index (χ4v) is 3.28. The SMILES string of the molecule is Cc1ccc2c(c1)c(C)c(C(=O)O)n2CC(=O)N1CCCC1. The van der Waals surface area contributed by atoms with Crippen LogP contribution in [-0.4, -0.2) is 39.5 Å². The minimum atomic E-state index is -0.986. The Morgan fingerprint density at radius 1 is 1.18 bits per heavy atom. The predicted molar refractivity (Wildman–Crippen MR) is 84.2 cm³/mol. The van der Waals surface area contributed by atoms with Gasteiger partial charge >= 0.3 is 5.97 Å². The number of fused-ring (bicyclic) bond motifs is 1. The van der Waals surface area contributed by atoms with Gasteiger partial charge in [-0.15, -0.1) is 0 Å². The molecule has 0 saturated carbocycles. The Kier molecular flexibility index (Phi) is 3.64. The van der Waals surface area contributed by atoms with Gasteiger partial charge in [0.05, 0.1) is 0 Å². The summed E-state index contributed by atoms with van der Waals surface area (Å²) in [5, 5.41) is 10.5. The van der Waals surface area contributed by atoms with E-state index in [1.807, 2.05) is 36.9 Å². The van der Waals surface area contributed by atoms with Crippen molar-refractivity contribution in [3.8, 4) is 0 Å². The molecule has 0 spiro atoms. The largest absolute Gasteiger partial charge is 0.477 e. The second kappa shape index (κ2) is 5.48. The molecule has 1 aromatic heterocycles. The molecule has 0 aliphatic carbocycles. The Hall–Kier alpha value is -2.30. The first-order chi connectivity index (χ1) is 10.5. The number of carbonyl (C=O) groups is 2. The number of amides is 1. The van der Waals surface area contributed by atoms with E-state index in [2.05, 4.69) is 0 Å². The highest BCUT2D eigenvalue weighted by atomic mass is 16.4. The van der Waals surface area contributed by atoms with Crippen molar-refractivity contribution in [1.29, 1.82) is 0 Å². The molecule has 116 valence electrons. The van der Waals surface area contributed by atoms with Crippen molar-refractivity contribution in [1.82, 2.24) is 9.47 Å². The van der Waals surface area contributed by atoms with Gasteiger partial charge in [-0.1, -0.05) is 11.6 Å². The highest BCUT2D eigenvalue weighted by Crippen LogP contribution is 2.27. The number of aryl methyl sites for hydroxylation is 2. The maximum Gasteiger partial charge on any atom is 0.352 e. The second-order valence-electron chi connectivity index (χ2n) is 5.97. The molecule has 1 N–H and O–H groups in total. The number of carboxylic acids is 1. The lowest BCUT2D eigenvalue weighted by atomic mass is 10.1. The predicted octanol–water partition coefficient (Wildman–Crippen LogP) is 2.58. The van der Waals surface area contributed by atoms with Crippen LogP contribution in [-0.2, 0) is 11.3 Å². The van der Waals surface area contributed by atoms with Crippen LogP contribution >= 0.6 is 0 Å². The Morgan fingerprint density at radius 2 is 1.86 bits per heavy atom. The second-order valence-corrected chi connectivity index (χ2v) is 5.97. The quantitative estimate of drug-likeness (QED) is 0.947. The molecule has 0 unspecified atom stereocenters. The number of benzene rings is 1. The molecular formula is C17H20N2O3. The Morgan fingerprint density at radius 3 is 2.50 bits per heavy atom. The van der Waals surface area contributed by atoms with Crippen molar-refractivity contribution in [2.24, 2.45) is 0 Å². The maximum atomic E-state index is 12.4. The number of nitrogens with zero attached hydrogens (tertiary/aromatic N) is 2. The molecule has 1 saturated heterocycles. The molecule has 1 aliphatic heterocycles. The summed E-state index contributed by atoms with van der Waals surface area (Å²) >= 11 is 0. The number of hydrogen-bond donors (Lipinski definition) is 1. The highest BCUT2D eigenvalue weighted by Gasteiger charge is 2.24. The third kappa shape index (κ3) is 2.36. The van der Waals surface area contributed by atoms with E-state index in [1.54, 1.807) is 4.57 Å². The van der Waals surface area contributed by atoms with E-state index < -0.39 is 5.97 Å². The maximum absolute atomic E-state index is 12.4. The number of rotatable bonds is 3. The van der Waals surface area contributed by atoms with Crippen molar-refractivity contribution in [2.75, 3.05) is 13.1 Å². The fourth-order valence-electron chi connectivity index (χ4n) is 3.28. The zero-order chi connectivity index (χ0) is 15.9. The fraction of sp³-hybridized carbons (Fsp3) is 0.412. The van der Waals surface area contributed by atoms with E-state index >= 15 is 0 Å². The molecule has 3 rings (SSSR count). The van der Waals surface area contributed by atoms with Gasteiger partial charge in [0.25, 0.3) is 0 Å². The summed E-state index contributed by atoms with van der Waals surface area (Å²) < 4.78 is 1.65. The van der Waals surface area contributed by atoms with Crippen LogP contribution in [0.2, 0.25) is 0 Å². The van der Waals surface area contributed by atoms with Crippen LogP contribution in [0.15, 0.2) is 18.2 Å². The molecule has 1 amide bonds.